The number of thioether (sulfide) groups is 1. The van der Waals surface area contributed by atoms with Gasteiger partial charge in [0.25, 0.3) is 0 Å². The van der Waals surface area contributed by atoms with Crippen LogP contribution in [-0.4, -0.2) is 24.9 Å². The third-order valence-electron chi connectivity index (χ3n) is 1.74. The molecule has 0 fully saturated rings. The Kier molecular flexibility index (Phi) is 5.11. The minimum Gasteiger partial charge on any atom is -0.453 e. The number of anilines is 1. The van der Waals surface area contributed by atoms with Gasteiger partial charge in [0, 0.05) is 10.6 Å². The van der Waals surface area contributed by atoms with E-state index >= 15 is 0 Å². The van der Waals surface area contributed by atoms with E-state index in [1.165, 1.54) is 18.9 Å². The van der Waals surface area contributed by atoms with E-state index in [1.54, 1.807) is 18.2 Å². The SMILES string of the molecule is COC(=O)NC(=O)CSc1ccc(N)cc1Cl. The largest absolute Gasteiger partial charge is 0.453 e. The van der Waals surface area contributed by atoms with Gasteiger partial charge in [-0.05, 0) is 18.2 Å². The number of hydrogen-bond acceptors (Lipinski definition) is 5. The van der Waals surface area contributed by atoms with Crippen LogP contribution >= 0.6 is 23.4 Å². The summed E-state index contributed by atoms with van der Waals surface area (Å²) in [6.45, 7) is 0. The van der Waals surface area contributed by atoms with Gasteiger partial charge in [-0.25, -0.2) is 4.79 Å². The summed E-state index contributed by atoms with van der Waals surface area (Å²) in [5, 5.41) is 2.52. The van der Waals surface area contributed by atoms with Crippen molar-refractivity contribution >= 4 is 41.1 Å². The van der Waals surface area contributed by atoms with Crippen molar-refractivity contribution in [3.8, 4) is 0 Å². The topological polar surface area (TPSA) is 81.4 Å². The average molecular weight is 275 g/mol. The summed E-state index contributed by atoms with van der Waals surface area (Å²) in [5.74, 6) is -0.381. The Labute approximate surface area is 108 Å². The predicted octanol–water partition coefficient (Wildman–Crippen LogP) is 1.90. The van der Waals surface area contributed by atoms with Gasteiger partial charge < -0.3 is 10.5 Å². The lowest BCUT2D eigenvalue weighted by molar-refractivity contribution is -0.117. The molecule has 0 radical (unpaired) electrons. The molecule has 1 rings (SSSR count). The highest BCUT2D eigenvalue weighted by Crippen LogP contribution is 2.28. The Morgan fingerprint density at radius 3 is 2.82 bits per heavy atom. The first-order chi connectivity index (χ1) is 8.02. The number of imide groups is 1. The maximum absolute atomic E-state index is 11.3. The summed E-state index contributed by atoms with van der Waals surface area (Å²) in [7, 11) is 1.19. The minimum atomic E-state index is -0.779. The van der Waals surface area contributed by atoms with Crippen molar-refractivity contribution < 1.29 is 14.3 Å². The van der Waals surface area contributed by atoms with Crippen molar-refractivity contribution in [2.24, 2.45) is 0 Å². The van der Waals surface area contributed by atoms with Gasteiger partial charge >= 0.3 is 6.09 Å². The van der Waals surface area contributed by atoms with E-state index in [1.807, 2.05) is 5.32 Å². The number of nitrogen functional groups attached to an aromatic ring is 1. The molecule has 5 nitrogen and oxygen atoms in total. The second-order valence-electron chi connectivity index (χ2n) is 3.02. The quantitative estimate of drug-likeness (QED) is 0.650. The molecular weight excluding hydrogens is 264 g/mol. The number of amides is 2. The number of nitrogens with one attached hydrogen (secondary N) is 1. The number of benzene rings is 1. The van der Waals surface area contributed by atoms with Gasteiger partial charge in [-0.2, -0.15) is 0 Å². The third kappa shape index (κ3) is 4.54. The van der Waals surface area contributed by atoms with Crippen LogP contribution in [0.4, 0.5) is 10.5 Å². The number of hydrogen-bond donors (Lipinski definition) is 2. The first kappa shape index (κ1) is 13.7. The van der Waals surface area contributed by atoms with E-state index in [0.29, 0.717) is 10.7 Å². The van der Waals surface area contributed by atoms with E-state index < -0.39 is 12.0 Å². The van der Waals surface area contributed by atoms with E-state index in [4.69, 9.17) is 17.3 Å². The van der Waals surface area contributed by atoms with Crippen molar-refractivity contribution in [1.82, 2.24) is 5.32 Å². The monoisotopic (exact) mass is 274 g/mol. The Morgan fingerprint density at radius 1 is 1.53 bits per heavy atom. The number of halogens is 1. The molecule has 0 atom stereocenters. The second-order valence-corrected chi connectivity index (χ2v) is 4.44. The average Bonchev–Trinajstić information content (AvgIpc) is 2.27. The van der Waals surface area contributed by atoms with Gasteiger partial charge in [-0.1, -0.05) is 11.6 Å². The number of alkyl carbamates (subject to hydrolysis) is 1. The van der Waals surface area contributed by atoms with Crippen molar-refractivity contribution in [2.75, 3.05) is 18.6 Å². The fourth-order valence-electron chi connectivity index (χ4n) is 0.978. The predicted molar refractivity (Wildman–Crippen MR) is 67.1 cm³/mol. The van der Waals surface area contributed by atoms with Crippen LogP contribution in [0.15, 0.2) is 23.1 Å². The molecule has 0 bridgehead atoms. The molecule has 2 amide bonds. The van der Waals surface area contributed by atoms with Gasteiger partial charge in [0.05, 0.1) is 17.9 Å². The molecule has 0 aliphatic carbocycles. The number of methoxy groups -OCH3 is 1. The van der Waals surface area contributed by atoms with Crippen LogP contribution in [0.2, 0.25) is 5.02 Å². The van der Waals surface area contributed by atoms with Crippen molar-refractivity contribution in [1.29, 1.82) is 0 Å². The second kappa shape index (κ2) is 6.36. The normalized spacial score (nSPS) is 9.76. The maximum atomic E-state index is 11.3. The van der Waals surface area contributed by atoms with E-state index in [-0.39, 0.29) is 5.75 Å². The zero-order valence-electron chi connectivity index (χ0n) is 9.03. The molecule has 17 heavy (non-hydrogen) atoms. The summed E-state index contributed by atoms with van der Waals surface area (Å²) in [4.78, 5) is 22.7. The maximum Gasteiger partial charge on any atom is 0.413 e. The summed E-state index contributed by atoms with van der Waals surface area (Å²) in [6, 6.07) is 5.00. The molecule has 0 aromatic heterocycles. The lowest BCUT2D eigenvalue weighted by atomic mass is 10.3. The first-order valence-corrected chi connectivity index (χ1v) is 5.95. The summed E-state index contributed by atoms with van der Waals surface area (Å²) in [6.07, 6.45) is -0.779. The molecule has 0 aliphatic rings. The van der Waals surface area contributed by atoms with Crippen LogP contribution in [-0.2, 0) is 9.53 Å². The summed E-state index contributed by atoms with van der Waals surface area (Å²) in [5.41, 5.74) is 6.09. The van der Waals surface area contributed by atoms with Crippen LogP contribution in [0.3, 0.4) is 0 Å². The molecule has 7 heteroatoms. The zero-order chi connectivity index (χ0) is 12.8. The van der Waals surface area contributed by atoms with Crippen LogP contribution in [0, 0.1) is 0 Å². The molecular formula is C10H11ClN2O3S. The lowest BCUT2D eigenvalue weighted by Gasteiger charge is -2.05. The lowest BCUT2D eigenvalue weighted by Crippen LogP contribution is -2.31. The standard InChI is InChI=1S/C10H11ClN2O3S/c1-16-10(15)13-9(14)5-17-8-3-2-6(12)4-7(8)11/h2-4H,5,12H2,1H3,(H,13,14,15). The molecule has 1 aromatic rings. The molecule has 0 heterocycles. The summed E-state index contributed by atoms with van der Waals surface area (Å²) < 4.78 is 4.29. The zero-order valence-corrected chi connectivity index (χ0v) is 10.6. The minimum absolute atomic E-state index is 0.0682. The molecule has 1 aromatic carbocycles. The molecule has 0 spiro atoms. The van der Waals surface area contributed by atoms with Gasteiger partial charge in [0.2, 0.25) is 5.91 Å². The molecule has 0 aliphatic heterocycles. The molecule has 0 saturated carbocycles. The number of ether oxygens (including phenoxy) is 1. The van der Waals surface area contributed by atoms with Gasteiger partial charge in [0.1, 0.15) is 0 Å². The van der Waals surface area contributed by atoms with Gasteiger partial charge in [-0.3, -0.25) is 10.1 Å². The molecule has 3 N–H and O–H groups in total. The van der Waals surface area contributed by atoms with E-state index in [0.717, 1.165) is 4.90 Å². The highest BCUT2D eigenvalue weighted by Gasteiger charge is 2.09. The molecule has 92 valence electrons. The smallest absolute Gasteiger partial charge is 0.413 e. The number of nitrogens with two attached hydrogens (primary N) is 1. The molecule has 0 unspecified atom stereocenters. The Morgan fingerprint density at radius 2 is 2.24 bits per heavy atom. The van der Waals surface area contributed by atoms with Crippen LogP contribution in [0.25, 0.3) is 0 Å². The van der Waals surface area contributed by atoms with Gasteiger partial charge in [0.15, 0.2) is 0 Å². The van der Waals surface area contributed by atoms with Crippen molar-refractivity contribution in [3.05, 3.63) is 23.2 Å². The number of carbonyl (C=O) groups is 2. The fourth-order valence-corrected chi connectivity index (χ4v) is 2.05. The Balaban J connectivity index is 2.50. The fraction of sp³-hybridized carbons (Fsp3) is 0.200. The van der Waals surface area contributed by atoms with E-state index in [9.17, 15) is 9.59 Å². The number of carbonyl (C=O) groups excluding carboxylic acids is 2. The highest BCUT2D eigenvalue weighted by molar-refractivity contribution is 8.00. The molecule has 0 saturated heterocycles. The number of rotatable bonds is 3. The van der Waals surface area contributed by atoms with Crippen LogP contribution in [0.1, 0.15) is 0 Å². The van der Waals surface area contributed by atoms with E-state index in [2.05, 4.69) is 4.74 Å². The third-order valence-corrected chi connectivity index (χ3v) is 3.24. The first-order valence-electron chi connectivity index (χ1n) is 4.58. The Bertz CT molecular complexity index is 440. The highest BCUT2D eigenvalue weighted by atomic mass is 35.5. The van der Waals surface area contributed by atoms with Crippen molar-refractivity contribution in [3.63, 3.8) is 0 Å². The summed E-state index contributed by atoms with van der Waals surface area (Å²) >= 11 is 7.13. The van der Waals surface area contributed by atoms with Crippen LogP contribution < -0.4 is 11.1 Å². The van der Waals surface area contributed by atoms with Crippen molar-refractivity contribution in [2.45, 2.75) is 4.90 Å². The Hall–Kier alpha value is -1.40. The van der Waals surface area contributed by atoms with Crippen LogP contribution in [0.5, 0.6) is 0 Å². The van der Waals surface area contributed by atoms with Gasteiger partial charge in [-0.15, -0.1) is 11.8 Å².